The molecule has 164 valence electrons. The second-order valence-electron chi connectivity index (χ2n) is 8.12. The number of amides is 1. The van der Waals surface area contributed by atoms with E-state index in [9.17, 15) is 4.79 Å². The van der Waals surface area contributed by atoms with Crippen LogP contribution in [0.25, 0.3) is 0 Å². The molecule has 2 aromatic carbocycles. The number of hydrogen-bond acceptors (Lipinski definition) is 7. The van der Waals surface area contributed by atoms with E-state index in [0.717, 1.165) is 24.3 Å². The minimum atomic E-state index is -0.376. The molecule has 0 spiro atoms. The SMILES string of the molecule is CC(NCC1(c2ccc3c(c2)OCO3)CCOCC1)C(=O)Nc1ccc2c(c1)OCO2. The number of hydrogen-bond donors (Lipinski definition) is 2. The van der Waals surface area contributed by atoms with Crippen molar-refractivity contribution in [2.24, 2.45) is 0 Å². The largest absolute Gasteiger partial charge is 0.454 e. The zero-order valence-electron chi connectivity index (χ0n) is 17.4. The van der Waals surface area contributed by atoms with Crippen molar-refractivity contribution in [2.45, 2.75) is 31.2 Å². The van der Waals surface area contributed by atoms with Crippen LogP contribution >= 0.6 is 0 Å². The maximum Gasteiger partial charge on any atom is 0.241 e. The molecule has 31 heavy (non-hydrogen) atoms. The van der Waals surface area contributed by atoms with Crippen LogP contribution in [0.5, 0.6) is 23.0 Å². The van der Waals surface area contributed by atoms with Crippen LogP contribution < -0.4 is 29.6 Å². The van der Waals surface area contributed by atoms with Gasteiger partial charge in [0.1, 0.15) is 0 Å². The number of fused-ring (bicyclic) bond motifs is 2. The molecule has 0 saturated carbocycles. The Kier molecular flexibility index (Phi) is 5.33. The summed E-state index contributed by atoms with van der Waals surface area (Å²) in [6.45, 7) is 4.36. The summed E-state index contributed by atoms with van der Waals surface area (Å²) in [6.07, 6.45) is 1.74. The lowest BCUT2D eigenvalue weighted by Crippen LogP contribution is -2.48. The van der Waals surface area contributed by atoms with Crippen LogP contribution in [0.3, 0.4) is 0 Å². The Bertz CT molecular complexity index is 973. The van der Waals surface area contributed by atoms with Gasteiger partial charge in [0.05, 0.1) is 6.04 Å². The van der Waals surface area contributed by atoms with E-state index in [4.69, 9.17) is 23.7 Å². The Morgan fingerprint density at radius 2 is 1.58 bits per heavy atom. The van der Waals surface area contributed by atoms with Gasteiger partial charge in [-0.15, -0.1) is 0 Å². The van der Waals surface area contributed by atoms with Crippen LogP contribution in [0.1, 0.15) is 25.3 Å². The maximum absolute atomic E-state index is 12.8. The fourth-order valence-corrected chi connectivity index (χ4v) is 4.22. The van der Waals surface area contributed by atoms with E-state index in [1.165, 1.54) is 5.56 Å². The standard InChI is InChI=1S/C23H26N2O6/c1-15(22(26)25-17-3-5-19-21(11-17)31-14-29-19)24-12-23(6-8-27-9-7-23)16-2-4-18-20(10-16)30-13-28-18/h2-5,10-11,15,24H,6-9,12-14H2,1H3,(H,25,26). The number of benzene rings is 2. The normalized spacial score (nSPS) is 19.1. The topological polar surface area (TPSA) is 87.3 Å². The predicted molar refractivity (Wildman–Crippen MR) is 113 cm³/mol. The summed E-state index contributed by atoms with van der Waals surface area (Å²) in [5, 5.41) is 6.38. The van der Waals surface area contributed by atoms with Gasteiger partial charge < -0.3 is 34.3 Å². The highest BCUT2D eigenvalue weighted by molar-refractivity contribution is 5.94. The smallest absolute Gasteiger partial charge is 0.241 e. The van der Waals surface area contributed by atoms with Crippen molar-refractivity contribution < 1.29 is 28.5 Å². The van der Waals surface area contributed by atoms with E-state index in [2.05, 4.69) is 22.8 Å². The minimum absolute atomic E-state index is 0.105. The highest BCUT2D eigenvalue weighted by Gasteiger charge is 2.36. The Hall–Kier alpha value is -2.97. The molecule has 2 aromatic rings. The highest BCUT2D eigenvalue weighted by atomic mass is 16.7. The molecule has 1 fully saturated rings. The monoisotopic (exact) mass is 426 g/mol. The van der Waals surface area contributed by atoms with Gasteiger partial charge in [0.15, 0.2) is 23.0 Å². The molecule has 0 aliphatic carbocycles. The number of ether oxygens (including phenoxy) is 5. The molecule has 2 N–H and O–H groups in total. The fourth-order valence-electron chi connectivity index (χ4n) is 4.22. The van der Waals surface area contributed by atoms with Crippen molar-refractivity contribution in [3.63, 3.8) is 0 Å². The first kappa shape index (κ1) is 20.0. The number of rotatable bonds is 6. The van der Waals surface area contributed by atoms with Gasteiger partial charge in [-0.2, -0.15) is 0 Å². The first-order chi connectivity index (χ1) is 15.1. The van der Waals surface area contributed by atoms with Crippen LogP contribution in [0.4, 0.5) is 5.69 Å². The van der Waals surface area contributed by atoms with Crippen LogP contribution in [-0.2, 0) is 14.9 Å². The Morgan fingerprint density at radius 1 is 0.935 bits per heavy atom. The average molecular weight is 426 g/mol. The minimum Gasteiger partial charge on any atom is -0.454 e. The summed E-state index contributed by atoms with van der Waals surface area (Å²) >= 11 is 0. The molecule has 8 heteroatoms. The third-order valence-electron chi connectivity index (χ3n) is 6.21. The zero-order chi connectivity index (χ0) is 21.3. The van der Waals surface area contributed by atoms with Crippen molar-refractivity contribution in [2.75, 3.05) is 38.7 Å². The number of carbonyl (C=O) groups is 1. The van der Waals surface area contributed by atoms with Crippen LogP contribution in [-0.4, -0.2) is 45.3 Å². The van der Waals surface area contributed by atoms with Gasteiger partial charge in [-0.1, -0.05) is 6.07 Å². The van der Waals surface area contributed by atoms with E-state index >= 15 is 0 Å². The van der Waals surface area contributed by atoms with Gasteiger partial charge in [-0.05, 0) is 49.6 Å². The lowest BCUT2D eigenvalue weighted by atomic mass is 9.74. The van der Waals surface area contributed by atoms with Gasteiger partial charge in [0, 0.05) is 36.9 Å². The molecule has 3 heterocycles. The van der Waals surface area contributed by atoms with Crippen LogP contribution in [0, 0.1) is 0 Å². The molecule has 0 radical (unpaired) electrons. The third kappa shape index (κ3) is 4.00. The van der Waals surface area contributed by atoms with Crippen molar-refractivity contribution >= 4 is 11.6 Å². The molecule has 1 unspecified atom stereocenters. The summed E-state index contributed by atoms with van der Waals surface area (Å²) in [5.41, 5.74) is 1.72. The lowest BCUT2D eigenvalue weighted by Gasteiger charge is -2.38. The highest BCUT2D eigenvalue weighted by Crippen LogP contribution is 2.40. The molecular formula is C23H26N2O6. The number of anilines is 1. The van der Waals surface area contributed by atoms with Gasteiger partial charge >= 0.3 is 0 Å². The molecular weight excluding hydrogens is 400 g/mol. The van der Waals surface area contributed by atoms with Gasteiger partial charge in [0.25, 0.3) is 0 Å². The van der Waals surface area contributed by atoms with E-state index in [1.807, 2.05) is 19.1 Å². The van der Waals surface area contributed by atoms with Crippen LogP contribution in [0.2, 0.25) is 0 Å². The third-order valence-corrected chi connectivity index (χ3v) is 6.21. The van der Waals surface area contributed by atoms with E-state index in [-0.39, 0.29) is 30.9 Å². The second-order valence-corrected chi connectivity index (χ2v) is 8.12. The van der Waals surface area contributed by atoms with E-state index < -0.39 is 0 Å². The zero-order valence-corrected chi connectivity index (χ0v) is 17.4. The van der Waals surface area contributed by atoms with E-state index in [1.54, 1.807) is 12.1 Å². The van der Waals surface area contributed by atoms with Crippen molar-refractivity contribution in [3.05, 3.63) is 42.0 Å². The summed E-state index contributed by atoms with van der Waals surface area (Å²) in [4.78, 5) is 12.8. The molecule has 1 amide bonds. The molecule has 3 aliphatic rings. The van der Waals surface area contributed by atoms with Crippen molar-refractivity contribution in [1.82, 2.24) is 5.32 Å². The first-order valence-electron chi connectivity index (χ1n) is 10.5. The molecule has 3 aliphatic heterocycles. The summed E-state index contributed by atoms with van der Waals surface area (Å²) in [6, 6.07) is 11.1. The van der Waals surface area contributed by atoms with Gasteiger partial charge in [0.2, 0.25) is 19.5 Å². The van der Waals surface area contributed by atoms with Gasteiger partial charge in [-0.25, -0.2) is 0 Å². The van der Waals surface area contributed by atoms with Crippen LogP contribution in [0.15, 0.2) is 36.4 Å². The maximum atomic E-state index is 12.8. The summed E-state index contributed by atoms with van der Waals surface area (Å²) in [5.74, 6) is 2.77. The predicted octanol–water partition coefficient (Wildman–Crippen LogP) is 2.81. The molecule has 5 rings (SSSR count). The first-order valence-corrected chi connectivity index (χ1v) is 10.5. The quantitative estimate of drug-likeness (QED) is 0.734. The molecule has 1 atom stereocenters. The fraction of sp³-hybridized carbons (Fsp3) is 0.435. The Balaban J connectivity index is 1.26. The number of carbonyl (C=O) groups excluding carboxylic acids is 1. The lowest BCUT2D eigenvalue weighted by molar-refractivity contribution is -0.117. The van der Waals surface area contributed by atoms with Crippen molar-refractivity contribution in [3.8, 4) is 23.0 Å². The summed E-state index contributed by atoms with van der Waals surface area (Å²) in [7, 11) is 0. The summed E-state index contributed by atoms with van der Waals surface area (Å²) < 4.78 is 27.4. The van der Waals surface area contributed by atoms with E-state index in [0.29, 0.717) is 36.9 Å². The molecule has 0 aromatic heterocycles. The van der Waals surface area contributed by atoms with Crippen molar-refractivity contribution in [1.29, 1.82) is 0 Å². The average Bonchev–Trinajstić information content (AvgIpc) is 3.46. The Labute approximate surface area is 180 Å². The molecule has 8 nitrogen and oxygen atoms in total. The number of nitrogens with one attached hydrogen (secondary N) is 2. The van der Waals surface area contributed by atoms with Gasteiger partial charge in [-0.3, -0.25) is 4.79 Å². The molecule has 1 saturated heterocycles. The molecule has 0 bridgehead atoms. The Morgan fingerprint density at radius 3 is 2.32 bits per heavy atom. The second kappa shape index (κ2) is 8.28.